The molecule has 0 saturated carbocycles. The van der Waals surface area contributed by atoms with E-state index in [1.165, 1.54) is 28.2 Å². The Hall–Kier alpha value is -1.91. The number of sulfonamides is 1. The Morgan fingerprint density at radius 3 is 2.45 bits per heavy atom. The molecule has 1 aromatic carbocycles. The van der Waals surface area contributed by atoms with Gasteiger partial charge in [0.1, 0.15) is 10.7 Å². The first-order chi connectivity index (χ1) is 13.7. The first-order valence-corrected chi connectivity index (χ1v) is 11.8. The number of hydrogen-bond donors (Lipinski definition) is 0. The zero-order chi connectivity index (χ0) is 21.2. The molecule has 10 heteroatoms. The minimum absolute atomic E-state index is 0.0488. The minimum atomic E-state index is -3.66. The molecule has 1 saturated heterocycles. The lowest BCUT2D eigenvalue weighted by Gasteiger charge is -2.22. The Kier molecular flexibility index (Phi) is 6.65. The van der Waals surface area contributed by atoms with Crippen molar-refractivity contribution in [2.45, 2.75) is 30.1 Å². The Morgan fingerprint density at radius 2 is 1.83 bits per heavy atom. The van der Waals surface area contributed by atoms with E-state index in [9.17, 15) is 17.6 Å². The largest absolute Gasteiger partial charge is 0.341 e. The average molecular weight is 441 g/mol. The maximum atomic E-state index is 13.1. The standard InChI is InChI=1S/C19H25FN4O3S2/c1-14-19(15(2)22(3)21-14)29(26,27)24-10-4-9-23(11-12-24)18(25)13-28-17-7-5-16(20)6-8-17/h5-8H,4,9-13H2,1-3H3. The van der Waals surface area contributed by atoms with Crippen LogP contribution in [0.15, 0.2) is 34.1 Å². The number of aromatic nitrogens is 2. The van der Waals surface area contributed by atoms with Crippen molar-refractivity contribution < 1.29 is 17.6 Å². The third kappa shape index (κ3) is 4.81. The summed E-state index contributed by atoms with van der Waals surface area (Å²) in [5.41, 5.74) is 1.09. The van der Waals surface area contributed by atoms with Crippen molar-refractivity contribution in [3.63, 3.8) is 0 Å². The van der Waals surface area contributed by atoms with E-state index in [4.69, 9.17) is 0 Å². The van der Waals surface area contributed by atoms with Crippen molar-refractivity contribution in [1.29, 1.82) is 0 Å². The monoisotopic (exact) mass is 440 g/mol. The molecule has 1 amide bonds. The minimum Gasteiger partial charge on any atom is -0.341 e. The quantitative estimate of drug-likeness (QED) is 0.667. The molecule has 158 valence electrons. The van der Waals surface area contributed by atoms with E-state index < -0.39 is 10.0 Å². The van der Waals surface area contributed by atoms with E-state index in [1.54, 1.807) is 42.6 Å². The second-order valence-corrected chi connectivity index (χ2v) is 9.93. The van der Waals surface area contributed by atoms with Gasteiger partial charge in [-0.1, -0.05) is 0 Å². The van der Waals surface area contributed by atoms with Crippen molar-refractivity contribution in [3.8, 4) is 0 Å². The van der Waals surface area contributed by atoms with Gasteiger partial charge in [-0.2, -0.15) is 9.40 Å². The number of hydrogen-bond acceptors (Lipinski definition) is 5. The molecule has 3 rings (SSSR count). The third-order valence-electron chi connectivity index (χ3n) is 5.02. The van der Waals surface area contributed by atoms with Gasteiger partial charge >= 0.3 is 0 Å². The Bertz CT molecular complexity index is 990. The van der Waals surface area contributed by atoms with Crippen molar-refractivity contribution in [2.24, 2.45) is 7.05 Å². The second-order valence-electron chi connectivity index (χ2n) is 7.00. The molecular weight excluding hydrogens is 415 g/mol. The van der Waals surface area contributed by atoms with Crippen molar-refractivity contribution >= 4 is 27.7 Å². The lowest BCUT2D eigenvalue weighted by atomic mass is 10.4. The Balaban J connectivity index is 1.63. The highest BCUT2D eigenvalue weighted by atomic mass is 32.2. The van der Waals surface area contributed by atoms with Crippen molar-refractivity contribution in [1.82, 2.24) is 19.0 Å². The van der Waals surface area contributed by atoms with Crippen LogP contribution < -0.4 is 0 Å². The summed E-state index contributed by atoms with van der Waals surface area (Å²) in [4.78, 5) is 15.4. The molecular formula is C19H25FN4O3S2. The number of benzene rings is 1. The molecule has 1 aromatic heterocycles. The molecule has 7 nitrogen and oxygen atoms in total. The van der Waals surface area contributed by atoms with Gasteiger partial charge in [0, 0.05) is 38.1 Å². The van der Waals surface area contributed by atoms with Crippen molar-refractivity contribution in [3.05, 3.63) is 41.5 Å². The zero-order valence-electron chi connectivity index (χ0n) is 16.8. The van der Waals surface area contributed by atoms with Crippen LogP contribution in [-0.2, 0) is 21.9 Å². The zero-order valence-corrected chi connectivity index (χ0v) is 18.4. The fourth-order valence-corrected chi connectivity index (χ4v) is 6.08. The molecule has 1 fully saturated rings. The van der Waals surface area contributed by atoms with Crippen LogP contribution in [0.2, 0.25) is 0 Å². The van der Waals surface area contributed by atoms with Gasteiger partial charge in [0.2, 0.25) is 15.9 Å². The van der Waals surface area contributed by atoms with E-state index in [0.29, 0.717) is 37.4 Å². The summed E-state index contributed by atoms with van der Waals surface area (Å²) in [6, 6.07) is 6.01. The van der Waals surface area contributed by atoms with Gasteiger partial charge in [-0.25, -0.2) is 12.8 Å². The van der Waals surface area contributed by atoms with E-state index in [1.807, 2.05) is 0 Å². The molecule has 1 aliphatic heterocycles. The fraction of sp³-hybridized carbons (Fsp3) is 0.474. The number of amides is 1. The summed E-state index contributed by atoms with van der Waals surface area (Å²) in [7, 11) is -1.94. The van der Waals surface area contributed by atoms with E-state index in [0.717, 1.165) is 4.90 Å². The lowest BCUT2D eigenvalue weighted by Crippen LogP contribution is -2.38. The van der Waals surface area contributed by atoms with Gasteiger partial charge in [0.05, 0.1) is 17.1 Å². The number of halogens is 1. The Morgan fingerprint density at radius 1 is 1.14 bits per heavy atom. The van der Waals surface area contributed by atoms with Crippen LogP contribution in [0.4, 0.5) is 4.39 Å². The molecule has 2 heterocycles. The number of aryl methyl sites for hydroxylation is 2. The predicted octanol–water partition coefficient (Wildman–Crippen LogP) is 2.19. The summed E-state index contributed by atoms with van der Waals surface area (Å²) >= 11 is 1.35. The summed E-state index contributed by atoms with van der Waals surface area (Å²) in [6.07, 6.45) is 0.574. The highest BCUT2D eigenvalue weighted by Gasteiger charge is 2.32. The molecule has 29 heavy (non-hydrogen) atoms. The average Bonchev–Trinajstić information content (AvgIpc) is 2.85. The Labute approximate surface area is 174 Å². The summed E-state index contributed by atoms with van der Waals surface area (Å²) in [6.45, 7) is 4.92. The molecule has 2 aromatic rings. The van der Waals surface area contributed by atoms with Gasteiger partial charge in [0.25, 0.3) is 0 Å². The van der Waals surface area contributed by atoms with Crippen LogP contribution in [-0.4, -0.2) is 65.2 Å². The van der Waals surface area contributed by atoms with Crippen LogP contribution >= 0.6 is 11.8 Å². The smallest absolute Gasteiger partial charge is 0.246 e. The summed E-state index contributed by atoms with van der Waals surface area (Å²) < 4.78 is 42.3. The number of carbonyl (C=O) groups is 1. The second kappa shape index (κ2) is 8.85. The van der Waals surface area contributed by atoms with Crippen LogP contribution in [0.5, 0.6) is 0 Å². The summed E-state index contributed by atoms with van der Waals surface area (Å²) in [5, 5.41) is 4.22. The van der Waals surface area contributed by atoms with Gasteiger partial charge in [-0.3, -0.25) is 9.48 Å². The lowest BCUT2D eigenvalue weighted by molar-refractivity contribution is -0.128. The van der Waals surface area contributed by atoms with E-state index in [-0.39, 0.29) is 28.9 Å². The van der Waals surface area contributed by atoms with E-state index in [2.05, 4.69) is 5.10 Å². The molecule has 0 N–H and O–H groups in total. The number of rotatable bonds is 5. The number of carbonyl (C=O) groups excluding carboxylic acids is 1. The first-order valence-electron chi connectivity index (χ1n) is 9.36. The molecule has 0 atom stereocenters. The maximum Gasteiger partial charge on any atom is 0.246 e. The molecule has 1 aliphatic rings. The third-order valence-corrected chi connectivity index (χ3v) is 8.17. The van der Waals surface area contributed by atoms with Crippen LogP contribution in [0.25, 0.3) is 0 Å². The van der Waals surface area contributed by atoms with Crippen LogP contribution in [0.1, 0.15) is 17.8 Å². The van der Waals surface area contributed by atoms with Crippen LogP contribution in [0, 0.1) is 19.7 Å². The van der Waals surface area contributed by atoms with Gasteiger partial charge in [-0.05, 0) is 44.5 Å². The topological polar surface area (TPSA) is 75.5 Å². The normalized spacial score (nSPS) is 16.1. The van der Waals surface area contributed by atoms with Gasteiger partial charge in [-0.15, -0.1) is 11.8 Å². The van der Waals surface area contributed by atoms with Crippen molar-refractivity contribution in [2.75, 3.05) is 31.9 Å². The highest BCUT2D eigenvalue weighted by Crippen LogP contribution is 2.24. The molecule has 0 unspecified atom stereocenters. The molecule has 0 bridgehead atoms. The molecule has 0 spiro atoms. The SMILES string of the molecule is Cc1nn(C)c(C)c1S(=O)(=O)N1CCCN(C(=O)CSc2ccc(F)cc2)CC1. The molecule has 0 radical (unpaired) electrons. The van der Waals surface area contributed by atoms with E-state index >= 15 is 0 Å². The fourth-order valence-electron chi connectivity index (χ4n) is 3.41. The number of nitrogens with zero attached hydrogens (tertiary/aromatic N) is 4. The van der Waals surface area contributed by atoms with Crippen LogP contribution in [0.3, 0.4) is 0 Å². The summed E-state index contributed by atoms with van der Waals surface area (Å²) in [5.74, 6) is -0.125. The number of thioether (sulfide) groups is 1. The maximum absolute atomic E-state index is 13.1. The highest BCUT2D eigenvalue weighted by molar-refractivity contribution is 8.00. The molecule has 0 aliphatic carbocycles. The predicted molar refractivity (Wildman–Crippen MR) is 110 cm³/mol. The van der Waals surface area contributed by atoms with Gasteiger partial charge in [0.15, 0.2) is 0 Å². The first kappa shape index (κ1) is 21.8. The van der Waals surface area contributed by atoms with Gasteiger partial charge < -0.3 is 4.90 Å².